The van der Waals surface area contributed by atoms with E-state index in [1.165, 1.54) is 0 Å². The molecule has 2 nitrogen and oxygen atoms in total. The topological polar surface area (TPSA) is 22.1 Å². The van der Waals surface area contributed by atoms with Crippen LogP contribution in [0.1, 0.15) is 23.7 Å². The van der Waals surface area contributed by atoms with Crippen LogP contribution < -0.4 is 4.74 Å². The van der Waals surface area contributed by atoms with Crippen molar-refractivity contribution >= 4 is 23.2 Å². The fraction of sp³-hybridized carbons (Fsp3) is 0.214. The van der Waals surface area contributed by atoms with Crippen LogP contribution in [-0.4, -0.2) is 4.98 Å². The summed E-state index contributed by atoms with van der Waals surface area (Å²) in [6.45, 7) is 0. The Balaban J connectivity index is 1.89. The second kappa shape index (κ2) is 4.79. The first-order chi connectivity index (χ1) is 8.74. The maximum atomic E-state index is 6.03. The number of aromatic nitrogens is 1. The van der Waals surface area contributed by atoms with Crippen molar-refractivity contribution in [2.75, 3.05) is 0 Å². The molecule has 1 aromatic carbocycles. The number of halogens is 2. The Kier molecular flexibility index (Phi) is 3.14. The van der Waals surface area contributed by atoms with Gasteiger partial charge in [0.25, 0.3) is 0 Å². The third kappa shape index (κ3) is 2.18. The number of fused-ring (bicyclic) bond motifs is 1. The first-order valence-electron chi connectivity index (χ1n) is 5.79. The van der Waals surface area contributed by atoms with Gasteiger partial charge in [0.05, 0.1) is 10.0 Å². The van der Waals surface area contributed by atoms with Crippen molar-refractivity contribution in [2.24, 2.45) is 0 Å². The fourth-order valence-electron chi connectivity index (χ4n) is 2.15. The van der Waals surface area contributed by atoms with Gasteiger partial charge < -0.3 is 4.74 Å². The highest BCUT2D eigenvalue weighted by Crippen LogP contribution is 2.35. The molecule has 3 rings (SSSR count). The highest BCUT2D eigenvalue weighted by atomic mass is 35.5. The van der Waals surface area contributed by atoms with Gasteiger partial charge in [-0.2, -0.15) is 0 Å². The van der Waals surface area contributed by atoms with E-state index in [1.807, 2.05) is 24.3 Å². The average Bonchev–Trinajstić information content (AvgIpc) is 2.41. The third-order valence-electron chi connectivity index (χ3n) is 3.10. The molecule has 1 aromatic heterocycles. The standard InChI is InChI=1S/C14H11Cl2NO/c15-11-5-3-10(8-12(11)16)13-6-4-9-2-1-7-17-14(9)18-13/h1-3,5,7-8,13H,4,6H2/t13-/m1/s1. The Bertz CT molecular complexity index is 586. The number of nitrogens with zero attached hydrogens (tertiary/aromatic N) is 1. The summed E-state index contributed by atoms with van der Waals surface area (Å²) in [5, 5.41) is 1.12. The Hall–Kier alpha value is -1.25. The van der Waals surface area contributed by atoms with E-state index < -0.39 is 0 Å². The van der Waals surface area contributed by atoms with Crippen LogP contribution in [0.25, 0.3) is 0 Å². The predicted molar refractivity (Wildman–Crippen MR) is 72.4 cm³/mol. The number of rotatable bonds is 1. The third-order valence-corrected chi connectivity index (χ3v) is 3.83. The Morgan fingerprint density at radius 1 is 1.17 bits per heavy atom. The summed E-state index contributed by atoms with van der Waals surface area (Å²) < 4.78 is 5.90. The van der Waals surface area contributed by atoms with E-state index >= 15 is 0 Å². The van der Waals surface area contributed by atoms with Gasteiger partial charge in [0.2, 0.25) is 5.88 Å². The normalized spacial score (nSPS) is 18.0. The van der Waals surface area contributed by atoms with Gasteiger partial charge in [0.1, 0.15) is 6.10 Å². The van der Waals surface area contributed by atoms with E-state index in [1.54, 1.807) is 12.3 Å². The summed E-state index contributed by atoms with van der Waals surface area (Å²) in [6, 6.07) is 9.60. The SMILES string of the molecule is Clc1ccc([C@H]2CCc3cccnc3O2)cc1Cl. The van der Waals surface area contributed by atoms with Crippen LogP contribution in [0.3, 0.4) is 0 Å². The Labute approximate surface area is 116 Å². The zero-order valence-electron chi connectivity index (χ0n) is 9.57. The van der Waals surface area contributed by atoms with Gasteiger partial charge in [0, 0.05) is 11.8 Å². The van der Waals surface area contributed by atoms with Gasteiger partial charge in [0.15, 0.2) is 0 Å². The zero-order chi connectivity index (χ0) is 12.5. The van der Waals surface area contributed by atoms with Crippen molar-refractivity contribution in [1.29, 1.82) is 0 Å². The minimum absolute atomic E-state index is 0.00201. The number of benzene rings is 1. The molecular weight excluding hydrogens is 269 g/mol. The van der Waals surface area contributed by atoms with Crippen LogP contribution in [0.5, 0.6) is 5.88 Å². The van der Waals surface area contributed by atoms with Gasteiger partial charge in [-0.15, -0.1) is 0 Å². The molecule has 0 saturated heterocycles. The van der Waals surface area contributed by atoms with Crippen molar-refractivity contribution < 1.29 is 4.74 Å². The molecule has 2 aromatic rings. The molecule has 2 heterocycles. The van der Waals surface area contributed by atoms with Crippen molar-refractivity contribution in [2.45, 2.75) is 18.9 Å². The number of aryl methyl sites for hydroxylation is 1. The van der Waals surface area contributed by atoms with E-state index in [2.05, 4.69) is 4.98 Å². The van der Waals surface area contributed by atoms with Crippen molar-refractivity contribution in [3.05, 3.63) is 57.7 Å². The lowest BCUT2D eigenvalue weighted by Gasteiger charge is -2.25. The molecule has 1 atom stereocenters. The highest BCUT2D eigenvalue weighted by Gasteiger charge is 2.22. The summed E-state index contributed by atoms with van der Waals surface area (Å²) >= 11 is 11.9. The minimum Gasteiger partial charge on any atom is -0.469 e. The molecule has 1 aliphatic rings. The first kappa shape index (κ1) is 11.8. The molecule has 0 saturated carbocycles. The van der Waals surface area contributed by atoms with Gasteiger partial charge in [-0.25, -0.2) is 4.98 Å². The smallest absolute Gasteiger partial charge is 0.217 e. The van der Waals surface area contributed by atoms with Crippen LogP contribution in [0.2, 0.25) is 10.0 Å². The van der Waals surface area contributed by atoms with Crippen LogP contribution in [0.4, 0.5) is 0 Å². The molecule has 18 heavy (non-hydrogen) atoms. The largest absolute Gasteiger partial charge is 0.469 e. The Morgan fingerprint density at radius 2 is 2.06 bits per heavy atom. The first-order valence-corrected chi connectivity index (χ1v) is 6.55. The molecule has 0 fully saturated rings. The zero-order valence-corrected chi connectivity index (χ0v) is 11.1. The van der Waals surface area contributed by atoms with Crippen LogP contribution >= 0.6 is 23.2 Å². The average molecular weight is 280 g/mol. The maximum Gasteiger partial charge on any atom is 0.217 e. The predicted octanol–water partition coefficient (Wildman–Crippen LogP) is 4.45. The quantitative estimate of drug-likeness (QED) is 0.769. The Morgan fingerprint density at radius 3 is 2.89 bits per heavy atom. The van der Waals surface area contributed by atoms with E-state index in [-0.39, 0.29) is 6.10 Å². The van der Waals surface area contributed by atoms with Crippen molar-refractivity contribution in [3.63, 3.8) is 0 Å². The minimum atomic E-state index is 0.00201. The van der Waals surface area contributed by atoms with Gasteiger partial charge in [-0.3, -0.25) is 0 Å². The molecule has 0 unspecified atom stereocenters. The monoisotopic (exact) mass is 279 g/mol. The number of hydrogen-bond donors (Lipinski definition) is 0. The van der Waals surface area contributed by atoms with Crippen molar-refractivity contribution in [3.8, 4) is 5.88 Å². The summed E-state index contributed by atoms with van der Waals surface area (Å²) in [5.74, 6) is 0.722. The molecule has 0 amide bonds. The van der Waals surface area contributed by atoms with Crippen molar-refractivity contribution in [1.82, 2.24) is 4.98 Å². The van der Waals surface area contributed by atoms with Crippen LogP contribution in [-0.2, 0) is 6.42 Å². The van der Waals surface area contributed by atoms with Crippen LogP contribution in [0, 0.1) is 0 Å². The lowest BCUT2D eigenvalue weighted by atomic mass is 9.99. The molecule has 0 bridgehead atoms. The molecule has 0 N–H and O–H groups in total. The highest BCUT2D eigenvalue weighted by molar-refractivity contribution is 6.42. The molecule has 4 heteroatoms. The molecular formula is C14H11Cl2NO. The fourth-order valence-corrected chi connectivity index (χ4v) is 2.45. The van der Waals surface area contributed by atoms with Crippen LogP contribution in [0.15, 0.2) is 36.5 Å². The molecule has 0 radical (unpaired) electrons. The van der Waals surface area contributed by atoms with E-state index in [0.717, 1.165) is 29.8 Å². The van der Waals surface area contributed by atoms with E-state index in [9.17, 15) is 0 Å². The molecule has 0 spiro atoms. The number of hydrogen-bond acceptors (Lipinski definition) is 2. The van der Waals surface area contributed by atoms with E-state index in [0.29, 0.717) is 10.0 Å². The number of pyridine rings is 1. The van der Waals surface area contributed by atoms with Gasteiger partial charge in [-0.05, 0) is 36.6 Å². The summed E-state index contributed by atoms with van der Waals surface area (Å²) in [6.07, 6.45) is 3.64. The van der Waals surface area contributed by atoms with Gasteiger partial charge in [-0.1, -0.05) is 35.3 Å². The lowest BCUT2D eigenvalue weighted by Crippen LogP contribution is -2.16. The molecule has 0 aliphatic carbocycles. The summed E-state index contributed by atoms with van der Waals surface area (Å²) in [7, 11) is 0. The molecule has 92 valence electrons. The van der Waals surface area contributed by atoms with Gasteiger partial charge >= 0.3 is 0 Å². The summed E-state index contributed by atoms with van der Waals surface area (Å²) in [5.41, 5.74) is 2.20. The molecule has 1 aliphatic heterocycles. The van der Waals surface area contributed by atoms with E-state index in [4.69, 9.17) is 27.9 Å². The second-order valence-electron chi connectivity index (χ2n) is 4.29. The number of ether oxygens (including phenoxy) is 1. The maximum absolute atomic E-state index is 6.03. The second-order valence-corrected chi connectivity index (χ2v) is 5.10. The lowest BCUT2D eigenvalue weighted by molar-refractivity contribution is 0.168. The summed E-state index contributed by atoms with van der Waals surface area (Å²) in [4.78, 5) is 4.25.